The van der Waals surface area contributed by atoms with Gasteiger partial charge >= 0.3 is 0 Å². The Morgan fingerprint density at radius 1 is 1.12 bits per heavy atom. The minimum atomic E-state index is -0.327. The van der Waals surface area contributed by atoms with E-state index in [9.17, 15) is 4.79 Å². The van der Waals surface area contributed by atoms with Crippen molar-refractivity contribution in [3.05, 3.63) is 65.5 Å². The summed E-state index contributed by atoms with van der Waals surface area (Å²) in [6.07, 6.45) is 0. The van der Waals surface area contributed by atoms with Crippen molar-refractivity contribution in [3.8, 4) is 0 Å². The van der Waals surface area contributed by atoms with Crippen molar-refractivity contribution in [1.82, 2.24) is 15.6 Å². The maximum absolute atomic E-state index is 12.3. The predicted molar refractivity (Wildman–Crippen MR) is 101 cm³/mol. The highest BCUT2D eigenvalue weighted by Gasteiger charge is 2.19. The lowest BCUT2D eigenvalue weighted by atomic mass is 9.92. The first-order valence-corrected chi connectivity index (χ1v) is 8.25. The van der Waals surface area contributed by atoms with Gasteiger partial charge in [-0.25, -0.2) is 5.43 Å². The van der Waals surface area contributed by atoms with E-state index in [2.05, 4.69) is 59.7 Å². The van der Waals surface area contributed by atoms with Gasteiger partial charge in [0.05, 0.1) is 5.71 Å². The van der Waals surface area contributed by atoms with Crippen LogP contribution in [-0.2, 0) is 5.41 Å². The van der Waals surface area contributed by atoms with E-state index in [1.165, 1.54) is 0 Å². The zero-order valence-electron chi connectivity index (χ0n) is 14.9. The van der Waals surface area contributed by atoms with Crippen molar-refractivity contribution in [2.24, 2.45) is 5.10 Å². The number of nitrogens with zero attached hydrogens (tertiary/aromatic N) is 2. The first kappa shape index (κ1) is 16.9. The summed E-state index contributed by atoms with van der Waals surface area (Å²) in [7, 11) is 0. The molecule has 1 heterocycles. The predicted octanol–water partition coefficient (Wildman–Crippen LogP) is 4.01. The number of carbonyl (C=O) groups is 1. The van der Waals surface area contributed by atoms with Crippen molar-refractivity contribution < 1.29 is 4.79 Å². The normalized spacial score (nSPS) is 12.4. The molecule has 3 rings (SSSR count). The molecule has 3 aromatic rings. The fraction of sp³-hybridized carbons (Fsp3) is 0.250. The summed E-state index contributed by atoms with van der Waals surface area (Å²) in [4.78, 5) is 12.3. The minimum Gasteiger partial charge on any atom is -0.281 e. The molecule has 0 unspecified atom stereocenters. The Morgan fingerprint density at radius 3 is 2.56 bits per heavy atom. The topological polar surface area (TPSA) is 70.1 Å². The van der Waals surface area contributed by atoms with Crippen LogP contribution in [0.2, 0.25) is 0 Å². The SMILES string of the molecule is C/C(=N\NC(=O)c1cc(C(C)(C)C)[nH]n1)c1cccc2ccccc12. The molecule has 0 aliphatic heterocycles. The third kappa shape index (κ3) is 3.60. The Hall–Kier alpha value is -2.95. The molecule has 0 bridgehead atoms. The van der Waals surface area contributed by atoms with Crippen molar-refractivity contribution in [1.29, 1.82) is 0 Å². The summed E-state index contributed by atoms with van der Waals surface area (Å²) in [6.45, 7) is 8.06. The second-order valence-corrected chi connectivity index (χ2v) is 7.08. The van der Waals surface area contributed by atoms with Gasteiger partial charge in [0, 0.05) is 16.7 Å². The Labute approximate surface area is 147 Å². The number of rotatable bonds is 3. The van der Waals surface area contributed by atoms with E-state index < -0.39 is 0 Å². The molecule has 25 heavy (non-hydrogen) atoms. The highest BCUT2D eigenvalue weighted by Crippen LogP contribution is 2.21. The van der Waals surface area contributed by atoms with Crippen LogP contribution >= 0.6 is 0 Å². The molecular weight excluding hydrogens is 312 g/mol. The fourth-order valence-electron chi connectivity index (χ4n) is 2.62. The van der Waals surface area contributed by atoms with Gasteiger partial charge in [-0.1, -0.05) is 63.2 Å². The second-order valence-electron chi connectivity index (χ2n) is 7.08. The average Bonchev–Trinajstić information content (AvgIpc) is 3.09. The van der Waals surface area contributed by atoms with Gasteiger partial charge in [0.25, 0.3) is 5.91 Å². The quantitative estimate of drug-likeness (QED) is 0.561. The van der Waals surface area contributed by atoms with Crippen LogP contribution in [0, 0.1) is 0 Å². The van der Waals surface area contributed by atoms with Crippen LogP contribution < -0.4 is 5.43 Å². The lowest BCUT2D eigenvalue weighted by molar-refractivity contribution is 0.0950. The van der Waals surface area contributed by atoms with Crippen LogP contribution in [0.1, 0.15) is 49.4 Å². The van der Waals surface area contributed by atoms with E-state index >= 15 is 0 Å². The number of hydrogen-bond donors (Lipinski definition) is 2. The number of nitrogens with one attached hydrogen (secondary N) is 2. The van der Waals surface area contributed by atoms with Gasteiger partial charge in [0.2, 0.25) is 0 Å². The van der Waals surface area contributed by atoms with Crippen LogP contribution in [0.3, 0.4) is 0 Å². The summed E-state index contributed by atoms with van der Waals surface area (Å²) in [5, 5.41) is 13.5. The summed E-state index contributed by atoms with van der Waals surface area (Å²) >= 11 is 0. The maximum atomic E-state index is 12.3. The van der Waals surface area contributed by atoms with E-state index in [1.54, 1.807) is 6.07 Å². The summed E-state index contributed by atoms with van der Waals surface area (Å²) < 4.78 is 0. The highest BCUT2D eigenvalue weighted by atomic mass is 16.2. The molecule has 2 aromatic carbocycles. The Kier molecular flexibility index (Phi) is 4.40. The largest absolute Gasteiger partial charge is 0.291 e. The van der Waals surface area contributed by atoms with Crippen molar-refractivity contribution in [2.75, 3.05) is 0 Å². The third-order valence-electron chi connectivity index (χ3n) is 4.12. The molecule has 1 aromatic heterocycles. The van der Waals surface area contributed by atoms with E-state index in [0.717, 1.165) is 27.7 Å². The Balaban J connectivity index is 1.81. The van der Waals surface area contributed by atoms with Gasteiger partial charge in [0.15, 0.2) is 5.69 Å². The molecule has 0 radical (unpaired) electrons. The molecule has 5 heteroatoms. The van der Waals surface area contributed by atoms with E-state index in [0.29, 0.717) is 5.69 Å². The van der Waals surface area contributed by atoms with Gasteiger partial charge in [-0.05, 0) is 23.8 Å². The molecule has 0 spiro atoms. The number of aromatic amines is 1. The number of aromatic nitrogens is 2. The minimum absolute atomic E-state index is 0.0896. The van der Waals surface area contributed by atoms with E-state index in [1.807, 2.05) is 31.2 Å². The smallest absolute Gasteiger partial charge is 0.281 e. The van der Waals surface area contributed by atoms with E-state index in [4.69, 9.17) is 0 Å². The zero-order chi connectivity index (χ0) is 18.0. The van der Waals surface area contributed by atoms with Crippen LogP contribution in [0.5, 0.6) is 0 Å². The molecule has 5 nitrogen and oxygen atoms in total. The van der Waals surface area contributed by atoms with Crippen molar-refractivity contribution in [2.45, 2.75) is 33.1 Å². The lowest BCUT2D eigenvalue weighted by Gasteiger charge is -2.14. The van der Waals surface area contributed by atoms with Gasteiger partial charge < -0.3 is 0 Å². The highest BCUT2D eigenvalue weighted by molar-refractivity contribution is 6.10. The van der Waals surface area contributed by atoms with Crippen LogP contribution in [0.4, 0.5) is 0 Å². The lowest BCUT2D eigenvalue weighted by Crippen LogP contribution is -2.20. The Bertz CT molecular complexity index is 942. The van der Waals surface area contributed by atoms with Crippen LogP contribution in [0.25, 0.3) is 10.8 Å². The molecule has 128 valence electrons. The summed E-state index contributed by atoms with van der Waals surface area (Å²) in [5.74, 6) is -0.327. The standard InChI is InChI=1S/C20H22N4O/c1-13(15-11-7-9-14-8-5-6-10-16(14)15)21-24-19(25)17-12-18(23-22-17)20(2,3)4/h5-12H,1-4H3,(H,22,23)(H,24,25)/b21-13+. The summed E-state index contributed by atoms with van der Waals surface area (Å²) in [6, 6.07) is 15.9. The number of carbonyl (C=O) groups excluding carboxylic acids is 1. The molecular formula is C20H22N4O. The third-order valence-corrected chi connectivity index (χ3v) is 4.12. The van der Waals surface area contributed by atoms with Crippen LogP contribution in [-0.4, -0.2) is 21.8 Å². The fourth-order valence-corrected chi connectivity index (χ4v) is 2.62. The molecule has 0 aliphatic rings. The number of H-pyrrole nitrogens is 1. The number of amides is 1. The Morgan fingerprint density at radius 2 is 1.84 bits per heavy atom. The molecule has 0 atom stereocenters. The average molecular weight is 334 g/mol. The molecule has 0 saturated heterocycles. The molecule has 0 aliphatic carbocycles. The van der Waals surface area contributed by atoms with Gasteiger partial charge in [-0.15, -0.1) is 0 Å². The number of fused-ring (bicyclic) bond motifs is 1. The van der Waals surface area contributed by atoms with Crippen molar-refractivity contribution >= 4 is 22.4 Å². The monoisotopic (exact) mass is 334 g/mol. The summed E-state index contributed by atoms with van der Waals surface area (Å²) in [5.41, 5.74) is 5.49. The number of hydrogen-bond acceptors (Lipinski definition) is 3. The van der Waals surface area contributed by atoms with Gasteiger partial charge in [-0.3, -0.25) is 9.89 Å². The molecule has 1 amide bonds. The number of benzene rings is 2. The number of hydrazone groups is 1. The molecule has 0 saturated carbocycles. The zero-order valence-corrected chi connectivity index (χ0v) is 14.9. The first-order valence-electron chi connectivity index (χ1n) is 8.25. The van der Waals surface area contributed by atoms with Crippen LogP contribution in [0.15, 0.2) is 53.6 Å². The first-order chi connectivity index (χ1) is 11.9. The molecule has 2 N–H and O–H groups in total. The maximum Gasteiger partial charge on any atom is 0.291 e. The van der Waals surface area contributed by atoms with Gasteiger partial charge in [-0.2, -0.15) is 10.2 Å². The second kappa shape index (κ2) is 6.51. The van der Waals surface area contributed by atoms with Crippen molar-refractivity contribution in [3.63, 3.8) is 0 Å². The molecule has 0 fully saturated rings. The van der Waals surface area contributed by atoms with E-state index in [-0.39, 0.29) is 11.3 Å². The van der Waals surface area contributed by atoms with Gasteiger partial charge in [0.1, 0.15) is 0 Å².